The Balaban J connectivity index is 0.00000392. The molecule has 0 bridgehead atoms. The number of nitrogens with one attached hydrogen (secondary N) is 2. The van der Waals surface area contributed by atoms with E-state index in [2.05, 4.69) is 61.9 Å². The van der Waals surface area contributed by atoms with Gasteiger partial charge in [-0.1, -0.05) is 29.8 Å². The zero-order chi connectivity index (χ0) is 19.6. The second-order valence-corrected chi connectivity index (χ2v) is 7.61. The lowest BCUT2D eigenvalue weighted by Gasteiger charge is -2.33. The van der Waals surface area contributed by atoms with Gasteiger partial charge in [-0.3, -0.25) is 4.90 Å². The third kappa shape index (κ3) is 9.28. The normalized spacial score (nSPS) is 16.8. The highest BCUT2D eigenvalue weighted by molar-refractivity contribution is 14.0. The minimum Gasteiger partial charge on any atom is -0.489 e. The van der Waals surface area contributed by atoms with Crippen molar-refractivity contribution in [2.24, 2.45) is 4.99 Å². The van der Waals surface area contributed by atoms with Crippen LogP contribution in [0.25, 0.3) is 0 Å². The Bertz CT molecular complexity index is 609. The minimum absolute atomic E-state index is 0. The maximum Gasteiger partial charge on any atom is 0.191 e. The average Bonchev–Trinajstić information content (AvgIpc) is 2.63. The molecule has 1 atom stereocenters. The van der Waals surface area contributed by atoms with E-state index in [-0.39, 0.29) is 30.1 Å². The van der Waals surface area contributed by atoms with Gasteiger partial charge in [0.15, 0.2) is 5.96 Å². The van der Waals surface area contributed by atoms with E-state index in [4.69, 9.17) is 9.73 Å². The van der Waals surface area contributed by atoms with Gasteiger partial charge in [0.1, 0.15) is 11.9 Å². The molecule has 6 heteroatoms. The third-order valence-corrected chi connectivity index (χ3v) is 4.63. The minimum atomic E-state index is 0. The summed E-state index contributed by atoms with van der Waals surface area (Å²) >= 11 is 0. The van der Waals surface area contributed by atoms with E-state index in [1.165, 1.54) is 11.1 Å². The largest absolute Gasteiger partial charge is 0.489 e. The molecule has 0 saturated carbocycles. The number of nitrogens with zero attached hydrogens (tertiary/aromatic N) is 2. The van der Waals surface area contributed by atoms with Gasteiger partial charge in [0.2, 0.25) is 0 Å². The van der Waals surface area contributed by atoms with Crippen LogP contribution in [0.3, 0.4) is 0 Å². The maximum absolute atomic E-state index is 5.96. The first-order valence-corrected chi connectivity index (χ1v) is 10.1. The van der Waals surface area contributed by atoms with Crippen LogP contribution < -0.4 is 15.4 Å². The first-order valence-electron chi connectivity index (χ1n) is 10.1. The van der Waals surface area contributed by atoms with Crippen LogP contribution in [0.1, 0.15) is 39.2 Å². The lowest BCUT2D eigenvalue weighted by Crippen LogP contribution is -2.49. The van der Waals surface area contributed by atoms with Gasteiger partial charge in [0.25, 0.3) is 0 Å². The molecule has 0 aromatic heterocycles. The molecule has 0 amide bonds. The van der Waals surface area contributed by atoms with Crippen LogP contribution in [-0.4, -0.2) is 55.7 Å². The molecule has 0 radical (unpaired) electrons. The second-order valence-electron chi connectivity index (χ2n) is 7.61. The van der Waals surface area contributed by atoms with Gasteiger partial charge in [-0.15, -0.1) is 24.0 Å². The summed E-state index contributed by atoms with van der Waals surface area (Å²) in [6.45, 7) is 17.1. The first kappa shape index (κ1) is 24.8. The fourth-order valence-electron chi connectivity index (χ4n) is 3.24. The highest BCUT2D eigenvalue weighted by Gasteiger charge is 2.19. The van der Waals surface area contributed by atoms with Crippen molar-refractivity contribution < 1.29 is 4.74 Å². The van der Waals surface area contributed by atoms with Crippen LogP contribution in [0.4, 0.5) is 0 Å². The topological polar surface area (TPSA) is 48.9 Å². The van der Waals surface area contributed by atoms with Crippen molar-refractivity contribution in [2.75, 3.05) is 32.7 Å². The van der Waals surface area contributed by atoms with Crippen LogP contribution in [0.2, 0.25) is 0 Å². The number of hydrogen-bond acceptors (Lipinski definition) is 3. The summed E-state index contributed by atoms with van der Waals surface area (Å²) in [6, 6.07) is 8.63. The molecule has 1 aromatic carbocycles. The maximum atomic E-state index is 5.96. The highest BCUT2D eigenvalue weighted by Crippen LogP contribution is 2.14. The van der Waals surface area contributed by atoms with Crippen LogP contribution >= 0.6 is 24.0 Å². The lowest BCUT2D eigenvalue weighted by atomic mass is 10.0. The monoisotopic (exact) mass is 500 g/mol. The summed E-state index contributed by atoms with van der Waals surface area (Å²) in [4.78, 5) is 7.20. The van der Waals surface area contributed by atoms with E-state index in [9.17, 15) is 0 Å². The Kier molecular flexibility index (Phi) is 11.5. The van der Waals surface area contributed by atoms with Crippen LogP contribution in [0, 0.1) is 6.92 Å². The number of piperidine rings is 1. The number of hydrogen-bond donors (Lipinski definition) is 2. The summed E-state index contributed by atoms with van der Waals surface area (Å²) < 4.78 is 5.96. The molecule has 158 valence electrons. The van der Waals surface area contributed by atoms with Crippen molar-refractivity contribution >= 4 is 29.9 Å². The predicted molar refractivity (Wildman–Crippen MR) is 130 cm³/mol. The Hall–Kier alpha value is -1.28. The smallest absolute Gasteiger partial charge is 0.191 e. The number of halogens is 1. The highest BCUT2D eigenvalue weighted by atomic mass is 127. The molecular formula is C22H37IN4O. The van der Waals surface area contributed by atoms with E-state index in [1.807, 2.05) is 12.1 Å². The van der Waals surface area contributed by atoms with Gasteiger partial charge in [0.05, 0.1) is 6.54 Å². The number of ether oxygens (including phenoxy) is 1. The van der Waals surface area contributed by atoms with Crippen molar-refractivity contribution in [3.8, 4) is 5.75 Å². The number of benzene rings is 1. The summed E-state index contributed by atoms with van der Waals surface area (Å²) in [5.41, 5.74) is 2.47. The predicted octanol–water partition coefficient (Wildman–Crippen LogP) is 3.98. The number of likely N-dealkylation sites (tertiary alicyclic amines) is 1. The van der Waals surface area contributed by atoms with E-state index in [0.717, 1.165) is 50.7 Å². The van der Waals surface area contributed by atoms with Gasteiger partial charge in [-0.25, -0.2) is 4.99 Å². The molecule has 1 fully saturated rings. The molecular weight excluding hydrogens is 463 g/mol. The van der Waals surface area contributed by atoms with E-state index < -0.39 is 0 Å². The summed E-state index contributed by atoms with van der Waals surface area (Å²) in [7, 11) is 0. The first-order chi connectivity index (χ1) is 13.0. The Morgan fingerprint density at radius 2 is 1.93 bits per heavy atom. The summed E-state index contributed by atoms with van der Waals surface area (Å²) in [5, 5.41) is 6.95. The van der Waals surface area contributed by atoms with Gasteiger partial charge < -0.3 is 15.4 Å². The van der Waals surface area contributed by atoms with E-state index in [1.54, 1.807) is 0 Å². The SMILES string of the molecule is C=C(C)CN1CCC(NC(=NCC(C)Oc2ccc(C)cc2)NCC)CC1.I. The fraction of sp³-hybridized carbons (Fsp3) is 0.591. The average molecular weight is 500 g/mol. The molecule has 1 unspecified atom stereocenters. The quantitative estimate of drug-likeness (QED) is 0.246. The van der Waals surface area contributed by atoms with E-state index >= 15 is 0 Å². The van der Waals surface area contributed by atoms with Gasteiger partial charge >= 0.3 is 0 Å². The molecule has 2 rings (SSSR count). The van der Waals surface area contributed by atoms with Gasteiger partial charge in [0, 0.05) is 32.2 Å². The molecule has 1 heterocycles. The molecule has 0 aliphatic carbocycles. The van der Waals surface area contributed by atoms with Crippen molar-refractivity contribution in [2.45, 2.75) is 52.7 Å². The van der Waals surface area contributed by atoms with Crippen LogP contribution in [-0.2, 0) is 0 Å². The third-order valence-electron chi connectivity index (χ3n) is 4.63. The van der Waals surface area contributed by atoms with Crippen molar-refractivity contribution in [1.29, 1.82) is 0 Å². The number of aliphatic imine (C=N–C) groups is 1. The molecule has 1 aromatic rings. The molecule has 28 heavy (non-hydrogen) atoms. The Morgan fingerprint density at radius 1 is 1.29 bits per heavy atom. The standard InChI is InChI=1S/C22H36N4O.HI/c1-6-23-22(25-20-11-13-26(14-12-20)16-17(2)3)24-15-19(5)27-21-9-7-18(4)8-10-21;/h7-10,19-20H,2,6,11-16H2,1,3-5H3,(H2,23,24,25);1H. The lowest BCUT2D eigenvalue weighted by molar-refractivity contribution is 0.220. The number of guanidine groups is 1. The van der Waals surface area contributed by atoms with Crippen LogP contribution in [0.5, 0.6) is 5.75 Å². The zero-order valence-electron chi connectivity index (χ0n) is 17.8. The summed E-state index contributed by atoms with van der Waals surface area (Å²) in [5.74, 6) is 1.78. The molecule has 1 aliphatic rings. The zero-order valence-corrected chi connectivity index (χ0v) is 20.2. The molecule has 5 nitrogen and oxygen atoms in total. The fourth-order valence-corrected chi connectivity index (χ4v) is 3.24. The molecule has 1 saturated heterocycles. The molecule has 0 spiro atoms. The van der Waals surface area contributed by atoms with Gasteiger partial charge in [-0.2, -0.15) is 0 Å². The van der Waals surface area contributed by atoms with Crippen LogP contribution in [0.15, 0.2) is 41.4 Å². The Morgan fingerprint density at radius 3 is 2.50 bits per heavy atom. The van der Waals surface area contributed by atoms with Gasteiger partial charge in [-0.05, 0) is 52.7 Å². The van der Waals surface area contributed by atoms with Crippen molar-refractivity contribution in [1.82, 2.24) is 15.5 Å². The number of aryl methyl sites for hydroxylation is 1. The van der Waals surface area contributed by atoms with Crippen molar-refractivity contribution in [3.63, 3.8) is 0 Å². The second kappa shape index (κ2) is 13.0. The van der Waals surface area contributed by atoms with E-state index in [0.29, 0.717) is 12.6 Å². The Labute approximate surface area is 188 Å². The molecule has 2 N–H and O–H groups in total. The summed E-state index contributed by atoms with van der Waals surface area (Å²) in [6.07, 6.45) is 2.29. The number of rotatable bonds is 8. The van der Waals surface area contributed by atoms with Crippen molar-refractivity contribution in [3.05, 3.63) is 42.0 Å². The molecule has 1 aliphatic heterocycles.